The van der Waals surface area contributed by atoms with Crippen LogP contribution in [0.1, 0.15) is 46.3 Å². The van der Waals surface area contributed by atoms with Gasteiger partial charge in [-0.25, -0.2) is 9.18 Å². The summed E-state index contributed by atoms with van der Waals surface area (Å²) in [6.45, 7) is 3.84. The van der Waals surface area contributed by atoms with Crippen molar-refractivity contribution >= 4 is 28.9 Å². The molecule has 0 spiro atoms. The number of carboxylic acids is 1. The van der Waals surface area contributed by atoms with Gasteiger partial charge >= 0.3 is 5.97 Å². The Kier molecular flexibility index (Phi) is 5.30. The second kappa shape index (κ2) is 7.91. The summed E-state index contributed by atoms with van der Waals surface area (Å²) in [5, 5.41) is 12.6. The third-order valence-corrected chi connectivity index (χ3v) is 6.16. The van der Waals surface area contributed by atoms with Crippen LogP contribution in [0, 0.1) is 5.82 Å². The van der Waals surface area contributed by atoms with E-state index in [0.29, 0.717) is 22.6 Å². The number of fused-ring (bicyclic) bond motifs is 1. The molecule has 30 heavy (non-hydrogen) atoms. The summed E-state index contributed by atoms with van der Waals surface area (Å²) in [6, 6.07) is 13.2. The van der Waals surface area contributed by atoms with Gasteiger partial charge in [0.15, 0.2) is 0 Å². The largest absolute Gasteiger partial charge is 0.491 e. The molecule has 2 heterocycles. The number of anilines is 1. The van der Waals surface area contributed by atoms with Crippen molar-refractivity contribution in [1.29, 1.82) is 0 Å². The number of ether oxygens (including phenoxy) is 1. The Hall–Kier alpha value is -3.19. The Balaban J connectivity index is 1.93. The van der Waals surface area contributed by atoms with E-state index in [1.54, 1.807) is 6.07 Å². The fourth-order valence-electron chi connectivity index (χ4n) is 3.74. The number of benzene rings is 2. The number of nitrogens with one attached hydrogen (secondary N) is 1. The van der Waals surface area contributed by atoms with E-state index in [1.807, 2.05) is 38.1 Å². The molecule has 0 unspecified atom stereocenters. The first kappa shape index (κ1) is 20.1. The molecule has 0 radical (unpaired) electrons. The van der Waals surface area contributed by atoms with Crippen molar-refractivity contribution < 1.29 is 23.8 Å². The van der Waals surface area contributed by atoms with E-state index >= 15 is 0 Å². The van der Waals surface area contributed by atoms with Crippen molar-refractivity contribution in [3.05, 3.63) is 69.7 Å². The first-order valence-electron chi connectivity index (χ1n) is 9.56. The lowest BCUT2D eigenvalue weighted by molar-refractivity contribution is -0.116. The molecule has 0 saturated carbocycles. The van der Waals surface area contributed by atoms with Crippen LogP contribution in [0.25, 0.3) is 11.1 Å². The van der Waals surface area contributed by atoms with Crippen molar-refractivity contribution in [1.82, 2.24) is 0 Å². The Bertz CT molecular complexity index is 1140. The average Bonchev–Trinajstić information content (AvgIpc) is 3.07. The maximum absolute atomic E-state index is 13.9. The van der Waals surface area contributed by atoms with Gasteiger partial charge in [-0.05, 0) is 37.6 Å². The Morgan fingerprint density at radius 2 is 2.00 bits per heavy atom. The van der Waals surface area contributed by atoms with Crippen LogP contribution in [0.3, 0.4) is 0 Å². The lowest BCUT2D eigenvalue weighted by Gasteiger charge is -2.26. The fourth-order valence-corrected chi connectivity index (χ4v) is 4.97. The van der Waals surface area contributed by atoms with Crippen molar-refractivity contribution in [3.63, 3.8) is 0 Å². The molecule has 5 nitrogen and oxygen atoms in total. The zero-order valence-electron chi connectivity index (χ0n) is 16.4. The first-order chi connectivity index (χ1) is 14.3. The van der Waals surface area contributed by atoms with Crippen LogP contribution >= 0.6 is 11.3 Å². The van der Waals surface area contributed by atoms with Crippen LogP contribution in [-0.2, 0) is 4.79 Å². The highest BCUT2D eigenvalue weighted by atomic mass is 32.1. The second-order valence-electron chi connectivity index (χ2n) is 7.37. The van der Waals surface area contributed by atoms with Crippen LogP contribution in [0.5, 0.6) is 5.75 Å². The van der Waals surface area contributed by atoms with Crippen molar-refractivity contribution in [2.45, 2.75) is 32.3 Å². The number of para-hydroxylation sites is 1. The normalized spacial score (nSPS) is 15.6. The van der Waals surface area contributed by atoms with Gasteiger partial charge in [0.25, 0.3) is 0 Å². The predicted molar refractivity (Wildman–Crippen MR) is 114 cm³/mol. The molecular weight excluding hydrogens is 405 g/mol. The summed E-state index contributed by atoms with van der Waals surface area (Å²) in [5.74, 6) is -1.50. The second-order valence-corrected chi connectivity index (χ2v) is 8.42. The zero-order chi connectivity index (χ0) is 21.4. The number of halogens is 1. The minimum absolute atomic E-state index is 0.0520. The summed E-state index contributed by atoms with van der Waals surface area (Å²) in [4.78, 5) is 25.4. The van der Waals surface area contributed by atoms with E-state index < -0.39 is 11.8 Å². The highest BCUT2D eigenvalue weighted by Crippen LogP contribution is 2.50. The summed E-state index contributed by atoms with van der Waals surface area (Å²) in [5.41, 5.74) is 2.01. The summed E-state index contributed by atoms with van der Waals surface area (Å²) in [6.07, 6.45) is 0.122. The quantitative estimate of drug-likeness (QED) is 0.565. The first-order valence-corrected chi connectivity index (χ1v) is 10.4. The van der Waals surface area contributed by atoms with Crippen LogP contribution in [0.2, 0.25) is 0 Å². The Morgan fingerprint density at radius 3 is 2.70 bits per heavy atom. The number of rotatable bonds is 5. The van der Waals surface area contributed by atoms with E-state index in [9.17, 15) is 19.1 Å². The van der Waals surface area contributed by atoms with Crippen molar-refractivity contribution in [2.75, 3.05) is 5.32 Å². The van der Waals surface area contributed by atoms with Gasteiger partial charge in [0.05, 0.1) is 11.8 Å². The molecule has 7 heteroatoms. The average molecular weight is 425 g/mol. The molecule has 2 aromatic carbocycles. The third-order valence-electron chi connectivity index (χ3n) is 4.87. The summed E-state index contributed by atoms with van der Waals surface area (Å²) < 4.78 is 19.8. The van der Waals surface area contributed by atoms with E-state index in [0.717, 1.165) is 21.8 Å². The number of amides is 1. The number of carbonyl (C=O) groups excluding carboxylic acids is 1. The highest BCUT2D eigenvalue weighted by Gasteiger charge is 2.35. The van der Waals surface area contributed by atoms with Gasteiger partial charge in [0, 0.05) is 28.3 Å². The molecule has 0 saturated heterocycles. The molecular formula is C23H20FNO4S. The van der Waals surface area contributed by atoms with E-state index in [2.05, 4.69) is 5.32 Å². The summed E-state index contributed by atoms with van der Waals surface area (Å²) in [7, 11) is 0. The smallest absolute Gasteiger partial charge is 0.346 e. The summed E-state index contributed by atoms with van der Waals surface area (Å²) >= 11 is 1.11. The van der Waals surface area contributed by atoms with Crippen molar-refractivity contribution in [3.8, 4) is 16.9 Å². The van der Waals surface area contributed by atoms with Crippen LogP contribution in [0.4, 0.5) is 10.1 Å². The minimum Gasteiger partial charge on any atom is -0.491 e. The molecule has 0 bridgehead atoms. The Labute approximate surface area is 177 Å². The topological polar surface area (TPSA) is 75.6 Å². The van der Waals surface area contributed by atoms with Crippen LogP contribution < -0.4 is 10.1 Å². The molecule has 1 aliphatic rings. The van der Waals surface area contributed by atoms with Gasteiger partial charge in [0.2, 0.25) is 5.91 Å². The minimum atomic E-state index is -1.12. The van der Waals surface area contributed by atoms with Gasteiger partial charge in [-0.15, -0.1) is 11.3 Å². The molecule has 4 rings (SSSR count). The standard InChI is InChI=1S/C23H20FNO4S/c1-12(2)29-17-9-4-3-8-15(17)16-11-18(26)25-20-19(13-6-5-7-14(24)10-13)22(23(27)28)30-21(16)20/h3-10,12,16H,11H2,1-2H3,(H,25,26)(H,27,28)/t16-/m1/s1. The predicted octanol–water partition coefficient (Wildman–Crippen LogP) is 5.51. The number of hydrogen-bond acceptors (Lipinski definition) is 4. The molecule has 1 aliphatic heterocycles. The molecule has 0 aliphatic carbocycles. The molecule has 3 aromatic rings. The number of thiophene rings is 1. The number of carbonyl (C=O) groups is 2. The Morgan fingerprint density at radius 1 is 1.23 bits per heavy atom. The fraction of sp³-hybridized carbons (Fsp3) is 0.217. The van der Waals surface area contributed by atoms with Gasteiger partial charge in [0.1, 0.15) is 16.4 Å². The lowest BCUT2D eigenvalue weighted by Crippen LogP contribution is -2.23. The van der Waals surface area contributed by atoms with E-state index in [-0.39, 0.29) is 29.2 Å². The molecule has 1 amide bonds. The third kappa shape index (κ3) is 3.68. The van der Waals surface area contributed by atoms with Crippen LogP contribution in [-0.4, -0.2) is 23.1 Å². The monoisotopic (exact) mass is 425 g/mol. The van der Waals surface area contributed by atoms with Crippen LogP contribution in [0.15, 0.2) is 48.5 Å². The molecule has 2 N–H and O–H groups in total. The van der Waals surface area contributed by atoms with E-state index in [4.69, 9.17) is 4.74 Å². The van der Waals surface area contributed by atoms with Gasteiger partial charge in [-0.2, -0.15) is 0 Å². The molecule has 1 aromatic heterocycles. The number of carboxylic acid groups (broad SMARTS) is 1. The van der Waals surface area contributed by atoms with Gasteiger partial charge < -0.3 is 15.2 Å². The SMILES string of the molecule is CC(C)Oc1ccccc1[C@H]1CC(=O)Nc2c1sc(C(=O)O)c2-c1cccc(F)c1. The van der Waals surface area contributed by atoms with E-state index in [1.165, 1.54) is 18.2 Å². The molecule has 1 atom stereocenters. The number of hydrogen-bond donors (Lipinski definition) is 2. The maximum Gasteiger partial charge on any atom is 0.346 e. The highest BCUT2D eigenvalue weighted by molar-refractivity contribution is 7.15. The molecule has 0 fully saturated rings. The molecule has 154 valence electrons. The number of aromatic carboxylic acids is 1. The van der Waals surface area contributed by atoms with Gasteiger partial charge in [-0.1, -0.05) is 30.3 Å². The van der Waals surface area contributed by atoms with Crippen molar-refractivity contribution in [2.24, 2.45) is 0 Å². The van der Waals surface area contributed by atoms with Gasteiger partial charge in [-0.3, -0.25) is 4.79 Å². The maximum atomic E-state index is 13.9. The lowest BCUT2D eigenvalue weighted by atomic mass is 9.88. The zero-order valence-corrected chi connectivity index (χ0v) is 17.3.